The van der Waals surface area contributed by atoms with Crippen LogP contribution in [0.2, 0.25) is 0 Å². The van der Waals surface area contributed by atoms with Gasteiger partial charge in [0.05, 0.1) is 6.10 Å². The molecule has 0 aliphatic heterocycles. The zero-order chi connectivity index (χ0) is 20.4. The summed E-state index contributed by atoms with van der Waals surface area (Å²) in [6.45, 7) is 6.91. The summed E-state index contributed by atoms with van der Waals surface area (Å²) in [5.41, 5.74) is 2.33. The van der Waals surface area contributed by atoms with Crippen LogP contribution in [0.4, 0.5) is 10.5 Å². The molecule has 0 spiro atoms. The van der Waals surface area contributed by atoms with Gasteiger partial charge in [0.15, 0.2) is 0 Å². The van der Waals surface area contributed by atoms with Crippen molar-refractivity contribution in [3.05, 3.63) is 65.7 Å². The Labute approximate surface area is 166 Å². The molecule has 1 unspecified atom stereocenters. The molecule has 2 rings (SSSR count). The maximum Gasteiger partial charge on any atom is 0.319 e. The van der Waals surface area contributed by atoms with Crippen molar-refractivity contribution >= 4 is 17.6 Å². The summed E-state index contributed by atoms with van der Waals surface area (Å²) in [6, 6.07) is 16.6. The first kappa shape index (κ1) is 21.4. The van der Waals surface area contributed by atoms with Crippen LogP contribution in [0.3, 0.4) is 0 Å². The van der Waals surface area contributed by atoms with E-state index in [1.165, 1.54) is 0 Å². The first-order valence-corrected chi connectivity index (χ1v) is 9.58. The molecule has 0 fully saturated rings. The Bertz CT molecular complexity index is 745. The second kappa shape index (κ2) is 11.1. The lowest BCUT2D eigenvalue weighted by atomic mass is 10.1. The number of carbonyl (C=O) groups is 2. The summed E-state index contributed by atoms with van der Waals surface area (Å²) in [4.78, 5) is 23.9. The number of anilines is 1. The Morgan fingerprint density at radius 1 is 0.964 bits per heavy atom. The predicted molar refractivity (Wildman–Crippen MR) is 111 cm³/mol. The molecule has 28 heavy (non-hydrogen) atoms. The minimum absolute atomic E-state index is 0.0323. The van der Waals surface area contributed by atoms with Crippen molar-refractivity contribution in [2.75, 3.05) is 18.5 Å². The van der Waals surface area contributed by atoms with Crippen LogP contribution in [0.15, 0.2) is 54.6 Å². The van der Waals surface area contributed by atoms with Crippen LogP contribution in [0.25, 0.3) is 0 Å². The quantitative estimate of drug-likeness (QED) is 0.570. The monoisotopic (exact) mass is 383 g/mol. The van der Waals surface area contributed by atoms with Gasteiger partial charge in [-0.05, 0) is 57.0 Å². The number of amides is 3. The van der Waals surface area contributed by atoms with Crippen molar-refractivity contribution < 1.29 is 14.3 Å². The molecule has 0 bridgehead atoms. The van der Waals surface area contributed by atoms with E-state index in [2.05, 4.69) is 16.0 Å². The zero-order valence-electron chi connectivity index (χ0n) is 16.7. The third-order valence-corrected chi connectivity index (χ3v) is 4.07. The van der Waals surface area contributed by atoms with Gasteiger partial charge in [0.2, 0.25) is 0 Å². The SMILES string of the molecule is CC(C)NC(=O)Nc1ccc(C(=O)NCCCOC(C)c2ccccc2)cc1. The van der Waals surface area contributed by atoms with Crippen molar-refractivity contribution in [3.63, 3.8) is 0 Å². The maximum atomic E-state index is 12.2. The van der Waals surface area contributed by atoms with Crippen LogP contribution < -0.4 is 16.0 Å². The molecule has 6 nitrogen and oxygen atoms in total. The van der Waals surface area contributed by atoms with Crippen LogP contribution in [-0.2, 0) is 4.74 Å². The number of hydrogen-bond acceptors (Lipinski definition) is 3. The average Bonchev–Trinajstić information content (AvgIpc) is 2.68. The van der Waals surface area contributed by atoms with Crippen molar-refractivity contribution in [2.24, 2.45) is 0 Å². The lowest BCUT2D eigenvalue weighted by molar-refractivity contribution is 0.0635. The van der Waals surface area contributed by atoms with Crippen LogP contribution in [0, 0.1) is 0 Å². The number of benzene rings is 2. The third-order valence-electron chi connectivity index (χ3n) is 4.07. The van der Waals surface area contributed by atoms with Gasteiger partial charge >= 0.3 is 6.03 Å². The van der Waals surface area contributed by atoms with E-state index >= 15 is 0 Å². The molecule has 6 heteroatoms. The Morgan fingerprint density at radius 3 is 2.29 bits per heavy atom. The van der Waals surface area contributed by atoms with E-state index in [0.29, 0.717) is 24.4 Å². The van der Waals surface area contributed by atoms with E-state index < -0.39 is 0 Å². The third kappa shape index (κ3) is 7.40. The van der Waals surface area contributed by atoms with Gasteiger partial charge in [0, 0.05) is 30.4 Å². The molecule has 150 valence electrons. The van der Waals surface area contributed by atoms with Gasteiger partial charge < -0.3 is 20.7 Å². The van der Waals surface area contributed by atoms with E-state index in [1.54, 1.807) is 24.3 Å². The van der Waals surface area contributed by atoms with Crippen LogP contribution >= 0.6 is 0 Å². The highest BCUT2D eigenvalue weighted by molar-refractivity contribution is 5.95. The smallest absolute Gasteiger partial charge is 0.319 e. The van der Waals surface area contributed by atoms with Gasteiger partial charge in [-0.25, -0.2) is 4.79 Å². The van der Waals surface area contributed by atoms with Gasteiger partial charge in [0.25, 0.3) is 5.91 Å². The molecule has 0 saturated carbocycles. The van der Waals surface area contributed by atoms with Crippen LogP contribution in [0.5, 0.6) is 0 Å². The standard InChI is InChI=1S/C22H29N3O3/c1-16(2)24-22(27)25-20-12-10-19(11-13-20)21(26)23-14-7-15-28-17(3)18-8-5-4-6-9-18/h4-6,8-13,16-17H,7,14-15H2,1-3H3,(H,23,26)(H2,24,25,27). The van der Waals surface area contributed by atoms with Gasteiger partial charge in [-0.1, -0.05) is 30.3 Å². The highest BCUT2D eigenvalue weighted by Crippen LogP contribution is 2.15. The summed E-state index contributed by atoms with van der Waals surface area (Å²) >= 11 is 0. The fourth-order valence-electron chi connectivity index (χ4n) is 2.59. The van der Waals surface area contributed by atoms with Crippen molar-refractivity contribution in [3.8, 4) is 0 Å². The molecule has 0 heterocycles. The van der Waals surface area contributed by atoms with E-state index in [-0.39, 0.29) is 24.1 Å². The molecular weight excluding hydrogens is 354 g/mol. The molecule has 2 aromatic rings. The van der Waals surface area contributed by atoms with E-state index in [4.69, 9.17) is 4.74 Å². The van der Waals surface area contributed by atoms with Crippen molar-refractivity contribution in [2.45, 2.75) is 39.3 Å². The summed E-state index contributed by atoms with van der Waals surface area (Å²) in [5.74, 6) is -0.144. The van der Waals surface area contributed by atoms with E-state index in [1.807, 2.05) is 51.1 Å². The normalized spacial score (nSPS) is 11.7. The van der Waals surface area contributed by atoms with Crippen LogP contribution in [-0.4, -0.2) is 31.1 Å². The second-order valence-corrected chi connectivity index (χ2v) is 6.86. The molecule has 0 aromatic heterocycles. The predicted octanol–water partition coefficient (Wildman–Crippen LogP) is 4.11. The second-order valence-electron chi connectivity index (χ2n) is 6.86. The number of hydrogen-bond donors (Lipinski definition) is 3. The molecule has 2 aromatic carbocycles. The largest absolute Gasteiger partial charge is 0.374 e. The highest BCUT2D eigenvalue weighted by Gasteiger charge is 2.08. The number of carbonyl (C=O) groups excluding carboxylic acids is 2. The first-order chi connectivity index (χ1) is 13.5. The average molecular weight is 383 g/mol. The fourth-order valence-corrected chi connectivity index (χ4v) is 2.59. The number of ether oxygens (including phenoxy) is 1. The Kier molecular flexibility index (Phi) is 8.49. The molecule has 1 atom stereocenters. The summed E-state index contributed by atoms with van der Waals surface area (Å²) < 4.78 is 5.80. The molecule has 0 saturated heterocycles. The lowest BCUT2D eigenvalue weighted by Crippen LogP contribution is -2.34. The highest BCUT2D eigenvalue weighted by atomic mass is 16.5. The van der Waals surface area contributed by atoms with Crippen LogP contribution in [0.1, 0.15) is 49.2 Å². The minimum atomic E-state index is -0.267. The molecular formula is C22H29N3O3. The molecule has 3 N–H and O–H groups in total. The minimum Gasteiger partial charge on any atom is -0.374 e. The van der Waals surface area contributed by atoms with Gasteiger partial charge in [-0.2, -0.15) is 0 Å². The van der Waals surface area contributed by atoms with E-state index in [0.717, 1.165) is 12.0 Å². The number of nitrogens with one attached hydrogen (secondary N) is 3. The summed E-state index contributed by atoms with van der Waals surface area (Å²) in [6.07, 6.45) is 0.766. The Hall–Kier alpha value is -2.86. The number of rotatable bonds is 9. The molecule has 3 amide bonds. The fraction of sp³-hybridized carbons (Fsp3) is 0.364. The maximum absolute atomic E-state index is 12.2. The Morgan fingerprint density at radius 2 is 1.64 bits per heavy atom. The first-order valence-electron chi connectivity index (χ1n) is 9.58. The van der Waals surface area contributed by atoms with Gasteiger partial charge in [0.1, 0.15) is 0 Å². The van der Waals surface area contributed by atoms with E-state index in [9.17, 15) is 9.59 Å². The molecule has 0 aliphatic rings. The van der Waals surface area contributed by atoms with Crippen molar-refractivity contribution in [1.82, 2.24) is 10.6 Å². The van der Waals surface area contributed by atoms with Gasteiger partial charge in [-0.3, -0.25) is 4.79 Å². The summed E-state index contributed by atoms with van der Waals surface area (Å²) in [5, 5.41) is 8.35. The van der Waals surface area contributed by atoms with Crippen molar-refractivity contribution in [1.29, 1.82) is 0 Å². The van der Waals surface area contributed by atoms with Gasteiger partial charge in [-0.15, -0.1) is 0 Å². The molecule has 0 aliphatic carbocycles. The molecule has 0 radical (unpaired) electrons. The Balaban J connectivity index is 1.68. The zero-order valence-corrected chi connectivity index (χ0v) is 16.7. The topological polar surface area (TPSA) is 79.5 Å². The summed E-state index contributed by atoms with van der Waals surface area (Å²) in [7, 11) is 0. The number of urea groups is 1. The lowest BCUT2D eigenvalue weighted by Gasteiger charge is -2.13.